The van der Waals surface area contributed by atoms with Gasteiger partial charge in [-0.3, -0.25) is 0 Å². The molecule has 0 fully saturated rings. The fourth-order valence-electron chi connectivity index (χ4n) is 2.85. The lowest BCUT2D eigenvalue weighted by Crippen LogP contribution is -1.85. The zero-order valence-electron chi connectivity index (χ0n) is 17.1. The number of halogens is 4. The minimum atomic E-state index is 0. The largest absolute Gasteiger partial charge is 0.412 e. The van der Waals surface area contributed by atoms with Crippen LogP contribution < -0.4 is 0 Å². The van der Waals surface area contributed by atoms with Crippen LogP contribution in [0.4, 0.5) is 0 Å². The molecule has 4 aromatic rings. The Balaban J connectivity index is -0.000000436. The quantitative estimate of drug-likeness (QED) is 0.279. The molecule has 0 radical (unpaired) electrons. The van der Waals surface area contributed by atoms with Gasteiger partial charge in [0.15, 0.2) is 0 Å². The second kappa shape index (κ2) is 19.9. The Hall–Kier alpha value is -2.00. The van der Waals surface area contributed by atoms with Gasteiger partial charge >= 0.3 is 0 Å². The summed E-state index contributed by atoms with van der Waals surface area (Å²) >= 11 is 0. The Bertz CT molecular complexity index is 722. The third-order valence-electron chi connectivity index (χ3n) is 4.19. The van der Waals surface area contributed by atoms with Gasteiger partial charge in [0.2, 0.25) is 0 Å². The molecule has 168 valence electrons. The Morgan fingerprint density at radius 3 is 0.613 bits per heavy atom. The van der Waals surface area contributed by atoms with Crippen LogP contribution in [0.2, 0.25) is 0 Å². The molecule has 0 unspecified atom stereocenters. The van der Waals surface area contributed by atoms with E-state index in [1.54, 1.807) is 0 Å². The molecule has 4 rings (SSSR count). The number of rotatable bonds is 4. The molecule has 0 atom stereocenters. The van der Waals surface area contributed by atoms with E-state index in [2.05, 4.69) is 121 Å². The first-order valence-electron chi connectivity index (χ1n) is 9.06. The highest BCUT2D eigenvalue weighted by Gasteiger charge is 1.93. The van der Waals surface area contributed by atoms with E-state index in [0.717, 1.165) is 12.8 Å². The van der Waals surface area contributed by atoms with Gasteiger partial charge in [-0.25, -0.2) is 0 Å². The lowest BCUT2D eigenvalue weighted by atomic mass is 10.1. The van der Waals surface area contributed by atoms with E-state index in [0.29, 0.717) is 0 Å². The van der Waals surface area contributed by atoms with Crippen LogP contribution in [0, 0.1) is 0 Å². The van der Waals surface area contributed by atoms with E-state index in [4.69, 9.17) is 0 Å². The van der Waals surface area contributed by atoms with Gasteiger partial charge in [0.1, 0.15) is 0 Å². The molecule has 0 heterocycles. The lowest BCUT2D eigenvalue weighted by Gasteiger charge is -2.00. The fraction of sp³-hybridized carbons (Fsp3) is 0.0769. The Kier molecular flexibility index (Phi) is 21.6. The predicted molar refractivity (Wildman–Crippen MR) is 144 cm³/mol. The molecule has 0 aliphatic rings. The van der Waals surface area contributed by atoms with Crippen LogP contribution in [0.3, 0.4) is 0 Å². The van der Waals surface area contributed by atoms with Crippen LogP contribution in [-0.2, 0) is 12.8 Å². The summed E-state index contributed by atoms with van der Waals surface area (Å²) in [5.74, 6) is 0. The average Bonchev–Trinajstić information content (AvgIpc) is 2.72. The van der Waals surface area contributed by atoms with Crippen molar-refractivity contribution >= 4 is 49.6 Å². The second-order valence-electron chi connectivity index (χ2n) is 6.30. The average molecular weight is 500 g/mol. The fourth-order valence-corrected chi connectivity index (χ4v) is 2.85. The minimum absolute atomic E-state index is 0. The van der Waals surface area contributed by atoms with Crippen molar-refractivity contribution in [3.63, 3.8) is 0 Å². The van der Waals surface area contributed by atoms with Gasteiger partial charge in [-0.15, -0.1) is 49.6 Å². The van der Waals surface area contributed by atoms with Crippen molar-refractivity contribution in [1.82, 2.24) is 0 Å². The molecule has 31 heavy (non-hydrogen) atoms. The van der Waals surface area contributed by atoms with Gasteiger partial charge in [0.05, 0.1) is 0 Å². The summed E-state index contributed by atoms with van der Waals surface area (Å²) in [5, 5.41) is 0. The molecule has 0 aliphatic carbocycles. The molecule has 1 nitrogen and oxygen atoms in total. The van der Waals surface area contributed by atoms with E-state index in [1.165, 1.54) is 22.3 Å². The van der Waals surface area contributed by atoms with Crippen LogP contribution in [0.1, 0.15) is 22.3 Å². The van der Waals surface area contributed by atoms with Crippen molar-refractivity contribution in [1.29, 1.82) is 0 Å². The zero-order chi connectivity index (χ0) is 17.9. The lowest BCUT2D eigenvalue weighted by molar-refractivity contribution is 0.824. The first-order valence-corrected chi connectivity index (χ1v) is 9.06. The van der Waals surface area contributed by atoms with Gasteiger partial charge in [0.25, 0.3) is 0 Å². The summed E-state index contributed by atoms with van der Waals surface area (Å²) in [6, 6.07) is 42.1. The van der Waals surface area contributed by atoms with E-state index in [9.17, 15) is 0 Å². The summed E-state index contributed by atoms with van der Waals surface area (Å²) in [6.07, 6.45) is 2.06. The summed E-state index contributed by atoms with van der Waals surface area (Å²) in [5.41, 5.74) is 5.48. The maximum absolute atomic E-state index is 2.16. The molecule has 0 aliphatic heterocycles. The van der Waals surface area contributed by atoms with Gasteiger partial charge in [-0.2, -0.15) is 0 Å². The highest BCUT2D eigenvalue weighted by Crippen LogP contribution is 2.08. The third kappa shape index (κ3) is 13.1. The van der Waals surface area contributed by atoms with E-state index >= 15 is 0 Å². The van der Waals surface area contributed by atoms with Crippen molar-refractivity contribution in [2.45, 2.75) is 12.8 Å². The predicted octanol–water partition coefficient (Wildman–Crippen LogP) is 7.42. The Morgan fingerprint density at radius 2 is 0.452 bits per heavy atom. The SMILES string of the molecule is Cl.Cl.Cl.Cl.O.c1ccc(Cc2ccccc2)cc1.c1ccc(Cc2ccccc2)cc1. The van der Waals surface area contributed by atoms with E-state index < -0.39 is 0 Å². The van der Waals surface area contributed by atoms with Crippen LogP contribution >= 0.6 is 49.6 Å². The van der Waals surface area contributed by atoms with Crippen LogP contribution in [-0.4, -0.2) is 5.48 Å². The van der Waals surface area contributed by atoms with Crippen molar-refractivity contribution in [3.8, 4) is 0 Å². The summed E-state index contributed by atoms with van der Waals surface area (Å²) in [6.45, 7) is 0. The first-order chi connectivity index (χ1) is 12.9. The standard InChI is InChI=1S/2C13H12.4ClH.H2O/c2*1-3-7-12(8-4-1)11-13-9-5-2-6-10-13;;;;;/h2*1-10H,11H2;4*1H;1H2. The molecule has 2 N–H and O–H groups in total. The van der Waals surface area contributed by atoms with Crippen molar-refractivity contribution in [2.75, 3.05) is 0 Å². The topological polar surface area (TPSA) is 31.5 Å². The number of hydrogen-bond acceptors (Lipinski definition) is 0. The number of hydrogen-bond donors (Lipinski definition) is 0. The highest BCUT2D eigenvalue weighted by molar-refractivity contribution is 5.86. The monoisotopic (exact) mass is 498 g/mol. The van der Waals surface area contributed by atoms with Crippen molar-refractivity contribution in [3.05, 3.63) is 144 Å². The van der Waals surface area contributed by atoms with Crippen molar-refractivity contribution in [2.24, 2.45) is 0 Å². The van der Waals surface area contributed by atoms with E-state index in [1.807, 2.05) is 0 Å². The van der Waals surface area contributed by atoms with Gasteiger partial charge in [-0.1, -0.05) is 121 Å². The second-order valence-corrected chi connectivity index (χ2v) is 6.30. The molecule has 5 heteroatoms. The molecule has 4 aromatic carbocycles. The Labute approximate surface area is 210 Å². The summed E-state index contributed by atoms with van der Waals surface area (Å²) in [7, 11) is 0. The van der Waals surface area contributed by atoms with Crippen LogP contribution in [0.5, 0.6) is 0 Å². The summed E-state index contributed by atoms with van der Waals surface area (Å²) in [4.78, 5) is 0. The molecular weight excluding hydrogens is 470 g/mol. The maximum Gasteiger partial charge on any atom is -0.00258 e. The van der Waals surface area contributed by atoms with Crippen LogP contribution in [0.25, 0.3) is 0 Å². The molecule has 0 saturated heterocycles. The first kappa shape index (κ1) is 33.6. The summed E-state index contributed by atoms with van der Waals surface area (Å²) < 4.78 is 0. The molecule has 0 saturated carbocycles. The minimum Gasteiger partial charge on any atom is -0.412 e. The molecule has 0 aromatic heterocycles. The number of benzene rings is 4. The van der Waals surface area contributed by atoms with Gasteiger partial charge in [-0.05, 0) is 35.1 Å². The molecule has 0 spiro atoms. The highest BCUT2D eigenvalue weighted by atomic mass is 35.5. The molecular formula is C26H30Cl4O. The molecule has 0 amide bonds. The molecule has 0 bridgehead atoms. The zero-order valence-corrected chi connectivity index (χ0v) is 20.4. The maximum atomic E-state index is 2.16. The van der Waals surface area contributed by atoms with E-state index in [-0.39, 0.29) is 55.1 Å². The Morgan fingerprint density at radius 1 is 0.290 bits per heavy atom. The van der Waals surface area contributed by atoms with Gasteiger partial charge in [0, 0.05) is 0 Å². The van der Waals surface area contributed by atoms with Gasteiger partial charge < -0.3 is 5.48 Å². The van der Waals surface area contributed by atoms with Crippen LogP contribution in [0.15, 0.2) is 121 Å². The smallest absolute Gasteiger partial charge is 0.00258 e. The van der Waals surface area contributed by atoms with Crippen molar-refractivity contribution < 1.29 is 5.48 Å². The normalized spacial score (nSPS) is 8.26. The third-order valence-corrected chi connectivity index (χ3v) is 4.19.